The highest BCUT2D eigenvalue weighted by atomic mass is 16.4. The number of carbonyl (C=O) groups is 1. The smallest absolute Gasteiger partial charge is 0.314 e. The second kappa shape index (κ2) is 4.64. The van der Waals surface area contributed by atoms with E-state index in [2.05, 4.69) is 15.2 Å². The Labute approximate surface area is 82.2 Å². The van der Waals surface area contributed by atoms with Gasteiger partial charge in [0.2, 0.25) is 0 Å². The standard InChI is InChI=1S/C9H13N3O2/c1-3-4-7-5-10-12-8(11-7)6(2)9(13)14/h5-6H,3-4H2,1-2H3,(H,13,14). The Hall–Kier alpha value is -1.52. The molecule has 0 spiro atoms. The lowest BCUT2D eigenvalue weighted by molar-refractivity contribution is -0.138. The quantitative estimate of drug-likeness (QED) is 0.776. The third-order valence-electron chi connectivity index (χ3n) is 1.89. The highest BCUT2D eigenvalue weighted by molar-refractivity contribution is 5.74. The molecule has 5 nitrogen and oxygen atoms in total. The summed E-state index contributed by atoms with van der Waals surface area (Å²) in [7, 11) is 0. The summed E-state index contributed by atoms with van der Waals surface area (Å²) in [6.07, 6.45) is 3.33. The van der Waals surface area contributed by atoms with Gasteiger partial charge in [0, 0.05) is 0 Å². The van der Waals surface area contributed by atoms with Crippen molar-refractivity contribution in [2.45, 2.75) is 32.6 Å². The van der Waals surface area contributed by atoms with Crippen LogP contribution in [0.15, 0.2) is 6.20 Å². The van der Waals surface area contributed by atoms with Crippen molar-refractivity contribution in [1.82, 2.24) is 15.2 Å². The molecule has 0 fully saturated rings. The SMILES string of the molecule is CCCc1cnnc(C(C)C(=O)O)n1. The van der Waals surface area contributed by atoms with Crippen molar-refractivity contribution in [1.29, 1.82) is 0 Å². The molecule has 0 saturated carbocycles. The first-order valence-corrected chi connectivity index (χ1v) is 4.56. The summed E-state index contributed by atoms with van der Waals surface area (Å²) >= 11 is 0. The fraction of sp³-hybridized carbons (Fsp3) is 0.556. The van der Waals surface area contributed by atoms with Crippen molar-refractivity contribution in [3.05, 3.63) is 17.7 Å². The molecule has 0 aliphatic heterocycles. The Kier molecular flexibility index (Phi) is 3.50. The van der Waals surface area contributed by atoms with Crippen molar-refractivity contribution in [3.63, 3.8) is 0 Å². The van der Waals surface area contributed by atoms with E-state index >= 15 is 0 Å². The van der Waals surface area contributed by atoms with Gasteiger partial charge in [0.15, 0.2) is 5.82 Å². The summed E-state index contributed by atoms with van der Waals surface area (Å²) in [5, 5.41) is 16.2. The zero-order chi connectivity index (χ0) is 10.6. The number of rotatable bonds is 4. The van der Waals surface area contributed by atoms with Crippen LogP contribution in [0.3, 0.4) is 0 Å². The van der Waals surface area contributed by atoms with E-state index in [1.165, 1.54) is 0 Å². The van der Waals surface area contributed by atoms with Crippen LogP contribution < -0.4 is 0 Å². The fourth-order valence-corrected chi connectivity index (χ4v) is 1.02. The molecule has 0 saturated heterocycles. The molecule has 0 aliphatic carbocycles. The minimum atomic E-state index is -0.930. The molecule has 1 heterocycles. The van der Waals surface area contributed by atoms with Crippen LogP contribution in [0.1, 0.15) is 37.7 Å². The molecule has 1 atom stereocenters. The van der Waals surface area contributed by atoms with E-state index in [4.69, 9.17) is 5.11 Å². The molecule has 1 aromatic rings. The average Bonchev–Trinajstić information content (AvgIpc) is 2.17. The first-order chi connectivity index (χ1) is 6.65. The number of nitrogens with zero attached hydrogens (tertiary/aromatic N) is 3. The summed E-state index contributed by atoms with van der Waals surface area (Å²) < 4.78 is 0. The molecule has 5 heteroatoms. The van der Waals surface area contributed by atoms with Crippen LogP contribution in [0.4, 0.5) is 0 Å². The van der Waals surface area contributed by atoms with Crippen molar-refractivity contribution in [2.75, 3.05) is 0 Å². The van der Waals surface area contributed by atoms with Crippen LogP contribution in [0.25, 0.3) is 0 Å². The van der Waals surface area contributed by atoms with Gasteiger partial charge in [-0.3, -0.25) is 4.79 Å². The minimum Gasteiger partial charge on any atom is -0.481 e. The monoisotopic (exact) mass is 195 g/mol. The van der Waals surface area contributed by atoms with E-state index in [1.54, 1.807) is 13.1 Å². The van der Waals surface area contributed by atoms with Crippen LogP contribution >= 0.6 is 0 Å². The van der Waals surface area contributed by atoms with Crippen molar-refractivity contribution in [3.8, 4) is 0 Å². The van der Waals surface area contributed by atoms with Gasteiger partial charge in [-0.1, -0.05) is 13.3 Å². The molecule has 0 aromatic carbocycles. The Morgan fingerprint density at radius 2 is 2.36 bits per heavy atom. The molecule has 14 heavy (non-hydrogen) atoms. The lowest BCUT2D eigenvalue weighted by Crippen LogP contribution is -2.13. The molecule has 1 unspecified atom stereocenters. The van der Waals surface area contributed by atoms with E-state index in [-0.39, 0.29) is 5.82 Å². The number of aliphatic carboxylic acids is 1. The number of hydrogen-bond acceptors (Lipinski definition) is 4. The third kappa shape index (κ3) is 2.48. The van der Waals surface area contributed by atoms with E-state index in [1.807, 2.05) is 6.92 Å². The van der Waals surface area contributed by atoms with E-state index < -0.39 is 11.9 Å². The summed E-state index contributed by atoms with van der Waals surface area (Å²) in [4.78, 5) is 14.8. The Bertz CT molecular complexity index is 328. The van der Waals surface area contributed by atoms with Gasteiger partial charge in [0.25, 0.3) is 0 Å². The van der Waals surface area contributed by atoms with Crippen LogP contribution in [0.2, 0.25) is 0 Å². The lowest BCUT2D eigenvalue weighted by atomic mass is 10.1. The number of aromatic nitrogens is 3. The average molecular weight is 195 g/mol. The van der Waals surface area contributed by atoms with Gasteiger partial charge in [0.1, 0.15) is 5.92 Å². The van der Waals surface area contributed by atoms with Gasteiger partial charge in [-0.05, 0) is 13.3 Å². The second-order valence-electron chi connectivity index (χ2n) is 3.12. The minimum absolute atomic E-state index is 0.281. The maximum atomic E-state index is 10.7. The fourth-order valence-electron chi connectivity index (χ4n) is 1.02. The molecule has 0 amide bonds. The molecular weight excluding hydrogens is 182 g/mol. The van der Waals surface area contributed by atoms with Crippen LogP contribution in [-0.4, -0.2) is 26.3 Å². The molecule has 0 aliphatic rings. The second-order valence-corrected chi connectivity index (χ2v) is 3.12. The molecule has 0 radical (unpaired) electrons. The highest BCUT2D eigenvalue weighted by Crippen LogP contribution is 2.09. The Morgan fingerprint density at radius 3 is 2.93 bits per heavy atom. The first kappa shape index (κ1) is 10.6. The Balaban J connectivity index is 2.87. The number of carboxylic acids is 1. The summed E-state index contributed by atoms with van der Waals surface area (Å²) in [6.45, 7) is 3.58. The van der Waals surface area contributed by atoms with Gasteiger partial charge in [-0.2, -0.15) is 5.10 Å². The molecule has 1 rings (SSSR count). The summed E-state index contributed by atoms with van der Waals surface area (Å²) in [6, 6.07) is 0. The molecule has 76 valence electrons. The predicted molar refractivity (Wildman–Crippen MR) is 49.9 cm³/mol. The van der Waals surface area contributed by atoms with Crippen LogP contribution in [0.5, 0.6) is 0 Å². The first-order valence-electron chi connectivity index (χ1n) is 4.56. The lowest BCUT2D eigenvalue weighted by Gasteiger charge is -2.04. The number of aryl methyl sites for hydroxylation is 1. The number of carboxylic acid groups (broad SMARTS) is 1. The molecule has 0 bridgehead atoms. The van der Waals surface area contributed by atoms with Crippen molar-refractivity contribution >= 4 is 5.97 Å². The van der Waals surface area contributed by atoms with Crippen molar-refractivity contribution < 1.29 is 9.90 Å². The number of hydrogen-bond donors (Lipinski definition) is 1. The maximum Gasteiger partial charge on any atom is 0.314 e. The predicted octanol–water partition coefficient (Wildman–Crippen LogP) is 1.01. The Morgan fingerprint density at radius 1 is 1.64 bits per heavy atom. The molecular formula is C9H13N3O2. The topological polar surface area (TPSA) is 76.0 Å². The molecule has 1 N–H and O–H groups in total. The van der Waals surface area contributed by atoms with Gasteiger partial charge in [-0.25, -0.2) is 4.98 Å². The zero-order valence-corrected chi connectivity index (χ0v) is 8.27. The maximum absolute atomic E-state index is 10.7. The molecule has 1 aromatic heterocycles. The van der Waals surface area contributed by atoms with Crippen molar-refractivity contribution in [2.24, 2.45) is 0 Å². The van der Waals surface area contributed by atoms with Crippen LogP contribution in [-0.2, 0) is 11.2 Å². The van der Waals surface area contributed by atoms with E-state index in [0.717, 1.165) is 18.5 Å². The van der Waals surface area contributed by atoms with E-state index in [0.29, 0.717) is 0 Å². The highest BCUT2D eigenvalue weighted by Gasteiger charge is 2.17. The zero-order valence-electron chi connectivity index (χ0n) is 8.27. The largest absolute Gasteiger partial charge is 0.481 e. The summed E-state index contributed by atoms with van der Waals surface area (Å²) in [5.74, 6) is -1.34. The van der Waals surface area contributed by atoms with Gasteiger partial charge >= 0.3 is 5.97 Å². The van der Waals surface area contributed by atoms with Gasteiger partial charge in [-0.15, -0.1) is 5.10 Å². The van der Waals surface area contributed by atoms with Gasteiger partial charge < -0.3 is 5.11 Å². The van der Waals surface area contributed by atoms with Gasteiger partial charge in [0.05, 0.1) is 11.9 Å². The van der Waals surface area contributed by atoms with Crippen LogP contribution in [0, 0.1) is 0 Å². The summed E-state index contributed by atoms with van der Waals surface area (Å²) in [5.41, 5.74) is 0.797. The normalized spacial score (nSPS) is 12.4. The third-order valence-corrected chi connectivity index (χ3v) is 1.89. The van der Waals surface area contributed by atoms with E-state index in [9.17, 15) is 4.79 Å².